The summed E-state index contributed by atoms with van der Waals surface area (Å²) < 4.78 is 8.11. The Bertz CT molecular complexity index is 869. The summed E-state index contributed by atoms with van der Waals surface area (Å²) in [4.78, 5) is 30.8. The Morgan fingerprint density at radius 3 is 3.00 bits per heavy atom. The minimum absolute atomic E-state index is 0.0303. The molecule has 0 saturated carbocycles. The predicted molar refractivity (Wildman–Crippen MR) is 106 cm³/mol. The Morgan fingerprint density at radius 2 is 2.21 bits per heavy atom. The zero-order chi connectivity index (χ0) is 20.3. The summed E-state index contributed by atoms with van der Waals surface area (Å²) in [6.07, 6.45) is 5.98. The van der Waals surface area contributed by atoms with E-state index in [0.717, 1.165) is 17.7 Å². The van der Waals surface area contributed by atoms with Crippen LogP contribution in [0.2, 0.25) is 0 Å². The van der Waals surface area contributed by atoms with Crippen LogP contribution in [0.4, 0.5) is 0 Å². The first-order valence-corrected chi connectivity index (χ1v) is 10.3. The Morgan fingerprint density at radius 1 is 1.34 bits per heavy atom. The fourth-order valence-corrected chi connectivity index (χ4v) is 4.30. The maximum Gasteiger partial charge on any atom is 0.222 e. The zero-order valence-corrected chi connectivity index (χ0v) is 16.7. The van der Waals surface area contributed by atoms with Crippen LogP contribution in [-0.2, 0) is 16.1 Å². The second-order valence-electron chi connectivity index (χ2n) is 7.78. The number of ether oxygens (including phenoxy) is 1. The molecule has 2 atom stereocenters. The number of hydrogen-bond donors (Lipinski definition) is 1. The maximum absolute atomic E-state index is 12.6. The number of likely N-dealkylation sites (tertiary alicyclic amines) is 1. The number of nitrogens with one attached hydrogen (secondary N) is 1. The average molecular weight is 397 g/mol. The van der Waals surface area contributed by atoms with Crippen LogP contribution in [-0.4, -0.2) is 50.2 Å². The van der Waals surface area contributed by atoms with Crippen LogP contribution in [0.5, 0.6) is 5.75 Å². The molecule has 1 spiro atoms. The average Bonchev–Trinajstić information content (AvgIpc) is 3.20. The molecule has 2 aromatic rings. The molecule has 2 aliphatic heterocycles. The van der Waals surface area contributed by atoms with Crippen molar-refractivity contribution < 1.29 is 14.3 Å². The van der Waals surface area contributed by atoms with Crippen LogP contribution < -0.4 is 10.1 Å². The number of aryl methyl sites for hydroxylation is 1. The quantitative estimate of drug-likeness (QED) is 0.834. The van der Waals surface area contributed by atoms with E-state index in [1.54, 1.807) is 11.0 Å². The second-order valence-corrected chi connectivity index (χ2v) is 7.78. The van der Waals surface area contributed by atoms with Gasteiger partial charge in [-0.25, -0.2) is 4.98 Å². The SMILES string of the molecule is CCN1CC[C@]2(CCC1=O)C[C@H](NC(=O)CCn1cncn1)c1ccccc1O2. The molecule has 1 aromatic heterocycles. The van der Waals surface area contributed by atoms with Crippen LogP contribution in [0.3, 0.4) is 0 Å². The lowest BCUT2D eigenvalue weighted by molar-refractivity contribution is -0.130. The molecule has 1 fully saturated rings. The van der Waals surface area contributed by atoms with Crippen LogP contribution in [0, 0.1) is 0 Å². The summed E-state index contributed by atoms with van der Waals surface area (Å²) in [5.41, 5.74) is 0.563. The van der Waals surface area contributed by atoms with Gasteiger partial charge in [0.25, 0.3) is 0 Å². The molecule has 2 amide bonds. The highest BCUT2D eigenvalue weighted by atomic mass is 16.5. The minimum Gasteiger partial charge on any atom is -0.487 e. The second kappa shape index (κ2) is 8.23. The van der Waals surface area contributed by atoms with Gasteiger partial charge in [-0.1, -0.05) is 18.2 Å². The van der Waals surface area contributed by atoms with Crippen LogP contribution >= 0.6 is 0 Å². The number of amides is 2. The highest BCUT2D eigenvalue weighted by Crippen LogP contribution is 2.44. The van der Waals surface area contributed by atoms with Gasteiger partial charge in [-0.2, -0.15) is 5.10 Å². The number of carbonyl (C=O) groups is 2. The molecule has 154 valence electrons. The molecule has 0 aliphatic carbocycles. The van der Waals surface area contributed by atoms with Crippen molar-refractivity contribution in [3.8, 4) is 5.75 Å². The van der Waals surface area contributed by atoms with Gasteiger partial charge in [0, 0.05) is 44.3 Å². The Kier molecular flexibility index (Phi) is 5.51. The molecule has 0 radical (unpaired) electrons. The first kappa shape index (κ1) is 19.4. The summed E-state index contributed by atoms with van der Waals surface area (Å²) in [6, 6.07) is 7.73. The molecule has 8 heteroatoms. The minimum atomic E-state index is -0.433. The van der Waals surface area contributed by atoms with E-state index in [1.807, 2.05) is 36.1 Å². The zero-order valence-electron chi connectivity index (χ0n) is 16.7. The number of benzene rings is 1. The van der Waals surface area contributed by atoms with Gasteiger partial charge in [0.15, 0.2) is 0 Å². The number of carbonyl (C=O) groups excluding carboxylic acids is 2. The van der Waals surface area contributed by atoms with Crippen molar-refractivity contribution in [2.24, 2.45) is 0 Å². The largest absolute Gasteiger partial charge is 0.487 e. The molecule has 8 nitrogen and oxygen atoms in total. The molecule has 2 aliphatic rings. The lowest BCUT2D eigenvalue weighted by Gasteiger charge is -2.42. The highest BCUT2D eigenvalue weighted by molar-refractivity contribution is 5.77. The number of para-hydroxylation sites is 1. The number of nitrogens with zero attached hydrogens (tertiary/aromatic N) is 4. The highest BCUT2D eigenvalue weighted by Gasteiger charge is 2.43. The van der Waals surface area contributed by atoms with Gasteiger partial charge in [0.2, 0.25) is 11.8 Å². The number of fused-ring (bicyclic) bond motifs is 1. The molecule has 4 rings (SSSR count). The Balaban J connectivity index is 1.50. The van der Waals surface area contributed by atoms with E-state index >= 15 is 0 Å². The summed E-state index contributed by atoms with van der Waals surface area (Å²) in [5, 5.41) is 7.23. The lowest BCUT2D eigenvalue weighted by atomic mass is 9.82. The third-order valence-electron chi connectivity index (χ3n) is 5.93. The van der Waals surface area contributed by atoms with E-state index in [0.29, 0.717) is 45.3 Å². The smallest absolute Gasteiger partial charge is 0.222 e. The summed E-state index contributed by atoms with van der Waals surface area (Å²) >= 11 is 0. The summed E-state index contributed by atoms with van der Waals surface area (Å²) in [5.74, 6) is 0.954. The maximum atomic E-state index is 12.6. The number of rotatable bonds is 5. The third-order valence-corrected chi connectivity index (χ3v) is 5.93. The van der Waals surface area contributed by atoms with Crippen molar-refractivity contribution in [3.05, 3.63) is 42.5 Å². The molecule has 1 aromatic carbocycles. The van der Waals surface area contributed by atoms with Gasteiger partial charge >= 0.3 is 0 Å². The molecule has 1 saturated heterocycles. The summed E-state index contributed by atoms with van der Waals surface area (Å²) in [7, 11) is 0. The van der Waals surface area contributed by atoms with Crippen LogP contribution in [0.15, 0.2) is 36.9 Å². The van der Waals surface area contributed by atoms with Gasteiger partial charge in [-0.05, 0) is 19.4 Å². The van der Waals surface area contributed by atoms with Crippen LogP contribution in [0.1, 0.15) is 50.6 Å². The van der Waals surface area contributed by atoms with Gasteiger partial charge in [-0.3, -0.25) is 14.3 Å². The van der Waals surface area contributed by atoms with Crippen molar-refractivity contribution in [1.82, 2.24) is 25.0 Å². The van der Waals surface area contributed by atoms with Gasteiger partial charge in [0.1, 0.15) is 24.0 Å². The van der Waals surface area contributed by atoms with Gasteiger partial charge in [-0.15, -0.1) is 0 Å². The van der Waals surface area contributed by atoms with Crippen molar-refractivity contribution in [3.63, 3.8) is 0 Å². The molecule has 0 unspecified atom stereocenters. The third kappa shape index (κ3) is 4.26. The number of hydrogen-bond acceptors (Lipinski definition) is 5. The Labute approximate surface area is 170 Å². The molecule has 0 bridgehead atoms. The van der Waals surface area contributed by atoms with Crippen molar-refractivity contribution in [2.45, 2.75) is 57.2 Å². The monoisotopic (exact) mass is 397 g/mol. The van der Waals surface area contributed by atoms with Gasteiger partial charge in [0.05, 0.1) is 12.6 Å². The first-order valence-electron chi connectivity index (χ1n) is 10.3. The Hall–Kier alpha value is -2.90. The summed E-state index contributed by atoms with van der Waals surface area (Å²) in [6.45, 7) is 3.89. The molecule has 29 heavy (non-hydrogen) atoms. The van der Waals surface area contributed by atoms with E-state index in [9.17, 15) is 9.59 Å². The van der Waals surface area contributed by atoms with Gasteiger partial charge < -0.3 is 15.0 Å². The fraction of sp³-hybridized carbons (Fsp3) is 0.524. The van der Waals surface area contributed by atoms with Crippen molar-refractivity contribution >= 4 is 11.8 Å². The van der Waals surface area contributed by atoms with E-state index in [4.69, 9.17) is 4.74 Å². The molecule has 1 N–H and O–H groups in total. The molecule has 3 heterocycles. The standard InChI is InChI=1S/C21H27N5O3/c1-2-25-12-10-21(9-7-20(25)28)13-17(16-5-3-4-6-18(16)29-21)24-19(27)8-11-26-15-22-14-23-26/h3-6,14-15,17H,2,7-13H2,1H3,(H,24,27)/t17-,21+/m0/s1. The van der Waals surface area contributed by atoms with E-state index in [1.165, 1.54) is 6.33 Å². The molecular formula is C21H27N5O3. The predicted octanol–water partition coefficient (Wildman–Crippen LogP) is 2.08. The lowest BCUT2D eigenvalue weighted by Crippen LogP contribution is -2.46. The fourth-order valence-electron chi connectivity index (χ4n) is 4.30. The van der Waals surface area contributed by atoms with E-state index < -0.39 is 5.60 Å². The topological polar surface area (TPSA) is 89.4 Å². The van der Waals surface area contributed by atoms with Crippen molar-refractivity contribution in [2.75, 3.05) is 13.1 Å². The van der Waals surface area contributed by atoms with E-state index in [2.05, 4.69) is 15.4 Å². The molecular weight excluding hydrogens is 370 g/mol. The van der Waals surface area contributed by atoms with E-state index in [-0.39, 0.29) is 17.9 Å². The first-order chi connectivity index (χ1) is 14.1. The van der Waals surface area contributed by atoms with Crippen LogP contribution in [0.25, 0.3) is 0 Å². The number of aromatic nitrogens is 3. The van der Waals surface area contributed by atoms with Crippen molar-refractivity contribution in [1.29, 1.82) is 0 Å². The normalized spacial score (nSPS) is 24.0.